The lowest BCUT2D eigenvalue weighted by atomic mass is 10.2. The molecule has 0 spiro atoms. The minimum atomic E-state index is -0.329. The van der Waals surface area contributed by atoms with Crippen LogP contribution in [-0.4, -0.2) is 24.3 Å². The maximum atomic E-state index is 5.68. The molecule has 0 radical (unpaired) electrons. The molecule has 1 aromatic carbocycles. The van der Waals surface area contributed by atoms with Crippen molar-refractivity contribution in [3.05, 3.63) is 54.1 Å². The molecule has 0 aliphatic carbocycles. The molecule has 2 aromatic rings. The molecule has 1 aliphatic heterocycles. The van der Waals surface area contributed by atoms with Gasteiger partial charge in [0.25, 0.3) is 0 Å². The zero-order valence-electron chi connectivity index (χ0n) is 10.9. The summed E-state index contributed by atoms with van der Waals surface area (Å²) in [5.41, 5.74) is 6.62. The van der Waals surface area contributed by atoms with Crippen LogP contribution in [0.1, 0.15) is 11.9 Å². The number of hydrogen-bond acceptors (Lipinski definition) is 5. The van der Waals surface area contributed by atoms with Gasteiger partial charge in [0.1, 0.15) is 11.9 Å². The zero-order chi connectivity index (χ0) is 13.8. The Bertz CT molecular complexity index is 554. The van der Waals surface area contributed by atoms with Crippen LogP contribution in [0.15, 0.2) is 48.5 Å². The molecule has 20 heavy (non-hydrogen) atoms. The molecule has 0 unspecified atom stereocenters. The molecule has 2 N–H and O–H groups in total. The largest absolute Gasteiger partial charge is 0.469 e. The second-order valence-corrected chi connectivity index (χ2v) is 4.55. The fourth-order valence-electron chi connectivity index (χ4n) is 2.02. The average Bonchev–Trinajstić information content (AvgIpc) is 2.49. The number of rotatable bonds is 3. The van der Waals surface area contributed by atoms with Crippen LogP contribution in [0, 0.1) is 0 Å². The molecule has 0 bridgehead atoms. The first kappa shape index (κ1) is 12.9. The van der Waals surface area contributed by atoms with Crippen molar-refractivity contribution in [3.8, 4) is 5.88 Å². The summed E-state index contributed by atoms with van der Waals surface area (Å²) in [5, 5.41) is 0. The van der Waals surface area contributed by atoms with E-state index in [2.05, 4.69) is 4.98 Å². The van der Waals surface area contributed by atoms with Crippen LogP contribution >= 0.6 is 0 Å². The summed E-state index contributed by atoms with van der Waals surface area (Å²) in [5.74, 6) is 0.919. The van der Waals surface area contributed by atoms with Crippen molar-refractivity contribution in [1.82, 2.24) is 4.98 Å². The summed E-state index contributed by atoms with van der Waals surface area (Å²) in [6, 6.07) is 15.1. The van der Waals surface area contributed by atoms with Gasteiger partial charge >= 0.3 is 0 Å². The van der Waals surface area contributed by atoms with E-state index in [9.17, 15) is 0 Å². The van der Waals surface area contributed by atoms with Crippen molar-refractivity contribution in [1.29, 1.82) is 0 Å². The number of aromatic nitrogens is 1. The van der Waals surface area contributed by atoms with E-state index in [4.69, 9.17) is 19.9 Å². The van der Waals surface area contributed by atoms with Crippen molar-refractivity contribution in [2.45, 2.75) is 12.4 Å². The molecule has 104 valence electrons. The van der Waals surface area contributed by atoms with E-state index in [1.54, 1.807) is 18.2 Å². The molecular weight excluding hydrogens is 256 g/mol. The van der Waals surface area contributed by atoms with Crippen molar-refractivity contribution >= 4 is 5.82 Å². The Morgan fingerprint density at radius 3 is 2.45 bits per heavy atom. The molecule has 0 saturated carbocycles. The Balaban J connectivity index is 1.56. The van der Waals surface area contributed by atoms with Gasteiger partial charge in [-0.25, -0.2) is 0 Å². The number of ether oxygens (including phenoxy) is 3. The fraction of sp³-hybridized carbons (Fsp3) is 0.267. The molecule has 0 amide bonds. The minimum absolute atomic E-state index is 0.177. The molecule has 5 heteroatoms. The Kier molecular flexibility index (Phi) is 3.80. The summed E-state index contributed by atoms with van der Waals surface area (Å²) >= 11 is 0. The minimum Gasteiger partial charge on any atom is -0.469 e. The third kappa shape index (κ3) is 3.07. The zero-order valence-corrected chi connectivity index (χ0v) is 10.9. The quantitative estimate of drug-likeness (QED) is 0.927. The number of pyridine rings is 1. The van der Waals surface area contributed by atoms with Crippen molar-refractivity contribution in [2.75, 3.05) is 18.9 Å². The SMILES string of the molecule is Nc1cccc(OC2COC(c3ccccc3)OC2)n1. The molecule has 5 nitrogen and oxygen atoms in total. The van der Waals surface area contributed by atoms with Crippen molar-refractivity contribution < 1.29 is 14.2 Å². The lowest BCUT2D eigenvalue weighted by molar-refractivity contribution is -0.216. The molecule has 0 atom stereocenters. The Morgan fingerprint density at radius 1 is 1.00 bits per heavy atom. The Hall–Kier alpha value is -2.11. The van der Waals surface area contributed by atoms with Gasteiger partial charge in [-0.05, 0) is 6.07 Å². The van der Waals surface area contributed by atoms with Crippen LogP contribution in [0.4, 0.5) is 5.82 Å². The number of hydrogen-bond donors (Lipinski definition) is 1. The van der Waals surface area contributed by atoms with Gasteiger partial charge in [-0.15, -0.1) is 0 Å². The van der Waals surface area contributed by atoms with Crippen LogP contribution in [0.2, 0.25) is 0 Å². The highest BCUT2D eigenvalue weighted by Gasteiger charge is 2.24. The number of benzene rings is 1. The number of nitrogens with zero attached hydrogens (tertiary/aromatic N) is 1. The van der Waals surface area contributed by atoms with E-state index < -0.39 is 0 Å². The highest BCUT2D eigenvalue weighted by atomic mass is 16.7. The summed E-state index contributed by atoms with van der Waals surface area (Å²) < 4.78 is 17.0. The second-order valence-electron chi connectivity index (χ2n) is 4.55. The van der Waals surface area contributed by atoms with Gasteiger partial charge in [-0.1, -0.05) is 36.4 Å². The standard InChI is InChI=1S/C15H16N2O3/c16-13-7-4-8-14(17-13)20-12-9-18-15(19-10-12)11-5-2-1-3-6-11/h1-8,12,15H,9-10H2,(H2,16,17). The van der Waals surface area contributed by atoms with Crippen LogP contribution < -0.4 is 10.5 Å². The van der Waals surface area contributed by atoms with Gasteiger partial charge in [0.2, 0.25) is 5.88 Å². The molecule has 1 saturated heterocycles. The number of nitrogens with two attached hydrogens (primary N) is 1. The summed E-state index contributed by atoms with van der Waals surface area (Å²) in [7, 11) is 0. The highest BCUT2D eigenvalue weighted by molar-refractivity contribution is 5.31. The van der Waals surface area contributed by atoms with Crippen LogP contribution in [-0.2, 0) is 9.47 Å². The fourth-order valence-corrected chi connectivity index (χ4v) is 2.02. The van der Waals surface area contributed by atoms with Gasteiger partial charge in [-0.2, -0.15) is 4.98 Å². The summed E-state index contributed by atoms with van der Waals surface area (Å²) in [4.78, 5) is 4.09. The average molecular weight is 272 g/mol. The predicted molar refractivity (Wildman–Crippen MR) is 74.2 cm³/mol. The van der Waals surface area contributed by atoms with Gasteiger partial charge in [0, 0.05) is 11.6 Å². The smallest absolute Gasteiger partial charge is 0.215 e. The van der Waals surface area contributed by atoms with E-state index in [0.717, 1.165) is 5.56 Å². The molecule has 2 heterocycles. The van der Waals surface area contributed by atoms with E-state index in [0.29, 0.717) is 24.9 Å². The van der Waals surface area contributed by atoms with Gasteiger partial charge < -0.3 is 19.9 Å². The van der Waals surface area contributed by atoms with Gasteiger partial charge in [0.05, 0.1) is 13.2 Å². The Labute approximate surface area is 117 Å². The Morgan fingerprint density at radius 2 is 1.75 bits per heavy atom. The summed E-state index contributed by atoms with van der Waals surface area (Å²) in [6.07, 6.45) is -0.505. The normalized spacial score (nSPS) is 22.4. The molecular formula is C15H16N2O3. The van der Waals surface area contributed by atoms with Crippen molar-refractivity contribution in [3.63, 3.8) is 0 Å². The van der Waals surface area contributed by atoms with E-state index >= 15 is 0 Å². The molecule has 3 rings (SSSR count). The molecule has 1 aliphatic rings. The van der Waals surface area contributed by atoms with Crippen LogP contribution in [0.5, 0.6) is 5.88 Å². The lowest BCUT2D eigenvalue weighted by Gasteiger charge is -2.29. The highest BCUT2D eigenvalue weighted by Crippen LogP contribution is 2.24. The second kappa shape index (κ2) is 5.90. The maximum absolute atomic E-state index is 5.68. The van der Waals surface area contributed by atoms with E-state index in [1.807, 2.05) is 30.3 Å². The monoisotopic (exact) mass is 272 g/mol. The third-order valence-electron chi connectivity index (χ3n) is 2.97. The number of anilines is 1. The number of nitrogen functional groups attached to an aromatic ring is 1. The van der Waals surface area contributed by atoms with E-state index in [1.165, 1.54) is 0 Å². The first-order valence-corrected chi connectivity index (χ1v) is 6.48. The van der Waals surface area contributed by atoms with Crippen LogP contribution in [0.25, 0.3) is 0 Å². The topological polar surface area (TPSA) is 66.6 Å². The lowest BCUT2D eigenvalue weighted by Crippen LogP contribution is -2.35. The first-order chi connectivity index (χ1) is 9.81. The third-order valence-corrected chi connectivity index (χ3v) is 2.97. The van der Waals surface area contributed by atoms with E-state index in [-0.39, 0.29) is 12.4 Å². The van der Waals surface area contributed by atoms with Gasteiger partial charge in [0.15, 0.2) is 6.29 Å². The molecule has 1 fully saturated rings. The predicted octanol–water partition coefficient (Wildman–Crippen LogP) is 2.16. The van der Waals surface area contributed by atoms with Crippen LogP contribution in [0.3, 0.4) is 0 Å². The molecule has 1 aromatic heterocycles. The maximum Gasteiger partial charge on any atom is 0.215 e. The summed E-state index contributed by atoms with van der Waals surface area (Å²) in [6.45, 7) is 0.909. The van der Waals surface area contributed by atoms with Gasteiger partial charge in [-0.3, -0.25) is 0 Å². The first-order valence-electron chi connectivity index (χ1n) is 6.48. The van der Waals surface area contributed by atoms with Crippen molar-refractivity contribution in [2.24, 2.45) is 0 Å².